The fraction of sp³-hybridized carbons (Fsp3) is 0.154. The fourth-order valence-electron chi connectivity index (χ4n) is 1.48. The van der Waals surface area contributed by atoms with Crippen molar-refractivity contribution in [2.45, 2.75) is 13.8 Å². The van der Waals surface area contributed by atoms with Gasteiger partial charge in [-0.3, -0.25) is 10.2 Å². The van der Waals surface area contributed by atoms with Crippen LogP contribution in [-0.4, -0.2) is 17.0 Å². The van der Waals surface area contributed by atoms with Crippen molar-refractivity contribution in [3.05, 3.63) is 46.2 Å². The first kappa shape index (κ1) is 13.4. The maximum absolute atomic E-state index is 12.7. The predicted octanol–water partition coefficient (Wildman–Crippen LogP) is 3.24. The molecule has 1 aromatic carbocycles. The molecule has 0 saturated carbocycles. The summed E-state index contributed by atoms with van der Waals surface area (Å²) in [5.74, 6) is -0.294. The van der Waals surface area contributed by atoms with Crippen molar-refractivity contribution in [2.75, 3.05) is 5.43 Å². The van der Waals surface area contributed by atoms with E-state index in [1.807, 2.05) is 0 Å². The normalized spacial score (nSPS) is 10.9. The zero-order valence-corrected chi connectivity index (χ0v) is 11.3. The van der Waals surface area contributed by atoms with Crippen LogP contribution in [0.1, 0.15) is 27.9 Å². The Balaban J connectivity index is 2.04. The molecule has 0 saturated heterocycles. The quantitative estimate of drug-likeness (QED) is 0.530. The average Bonchev–Trinajstić information content (AvgIpc) is 2.73. The van der Waals surface area contributed by atoms with Crippen LogP contribution in [0.15, 0.2) is 29.4 Å². The molecule has 0 amide bonds. The second-order valence-electron chi connectivity index (χ2n) is 3.91. The van der Waals surface area contributed by atoms with Crippen molar-refractivity contribution >= 4 is 28.5 Å². The number of halogens is 1. The molecule has 98 valence electrons. The van der Waals surface area contributed by atoms with Crippen molar-refractivity contribution < 1.29 is 9.18 Å². The first-order chi connectivity index (χ1) is 9.06. The largest absolute Gasteiger partial charge is 0.294 e. The summed E-state index contributed by atoms with van der Waals surface area (Å²) in [7, 11) is 0. The van der Waals surface area contributed by atoms with Crippen LogP contribution in [0.4, 0.5) is 9.52 Å². The van der Waals surface area contributed by atoms with Crippen LogP contribution in [0.3, 0.4) is 0 Å². The Morgan fingerprint density at radius 2 is 2.11 bits per heavy atom. The highest BCUT2D eigenvalue weighted by atomic mass is 32.1. The van der Waals surface area contributed by atoms with Gasteiger partial charge in [0.25, 0.3) is 0 Å². The highest BCUT2D eigenvalue weighted by Crippen LogP contribution is 2.22. The van der Waals surface area contributed by atoms with Crippen LogP contribution >= 0.6 is 11.3 Å². The Bertz CT molecular complexity index is 619. The first-order valence-corrected chi connectivity index (χ1v) is 6.41. The Labute approximate surface area is 114 Å². The van der Waals surface area contributed by atoms with Crippen molar-refractivity contribution in [1.29, 1.82) is 0 Å². The van der Waals surface area contributed by atoms with E-state index in [0.29, 0.717) is 15.7 Å². The number of hydrazone groups is 1. The van der Waals surface area contributed by atoms with E-state index in [1.165, 1.54) is 30.4 Å². The number of nitrogens with one attached hydrogen (secondary N) is 1. The highest BCUT2D eigenvalue weighted by Gasteiger charge is 2.10. The molecule has 1 aromatic heterocycles. The number of nitrogens with zero attached hydrogens (tertiary/aromatic N) is 2. The van der Waals surface area contributed by atoms with Gasteiger partial charge in [-0.25, -0.2) is 9.37 Å². The Morgan fingerprint density at radius 1 is 1.42 bits per heavy atom. The van der Waals surface area contributed by atoms with Gasteiger partial charge < -0.3 is 0 Å². The topological polar surface area (TPSA) is 54.4 Å². The molecule has 0 spiro atoms. The number of rotatable bonds is 4. The van der Waals surface area contributed by atoms with E-state index in [4.69, 9.17) is 0 Å². The number of Topliss-reactive ketones (excluding diaryl/α,β-unsaturated/α-hetero) is 1. The standard InChI is InChI=1S/C13H12FN3OS/c1-8-12(9(2)18)19-13(16-8)17-15-7-10-3-5-11(14)6-4-10/h3-7H,1-2H3,(H,16,17)/b15-7-. The van der Waals surface area contributed by atoms with Gasteiger partial charge in [0.15, 0.2) is 5.78 Å². The summed E-state index contributed by atoms with van der Waals surface area (Å²) >= 11 is 1.26. The number of ketones is 1. The van der Waals surface area contributed by atoms with E-state index in [0.717, 1.165) is 5.56 Å². The molecule has 19 heavy (non-hydrogen) atoms. The molecule has 0 unspecified atom stereocenters. The third-order valence-corrected chi connectivity index (χ3v) is 3.52. The number of carbonyl (C=O) groups is 1. The summed E-state index contributed by atoms with van der Waals surface area (Å²) in [6.45, 7) is 3.29. The van der Waals surface area contributed by atoms with Crippen LogP contribution in [-0.2, 0) is 0 Å². The molecule has 0 aliphatic carbocycles. The van der Waals surface area contributed by atoms with Crippen molar-refractivity contribution in [1.82, 2.24) is 4.98 Å². The van der Waals surface area contributed by atoms with Gasteiger partial charge in [0, 0.05) is 6.92 Å². The molecule has 0 atom stereocenters. The third-order valence-electron chi connectivity index (χ3n) is 2.36. The number of thiazole rings is 1. The smallest absolute Gasteiger partial charge is 0.204 e. The van der Waals surface area contributed by atoms with Gasteiger partial charge in [-0.2, -0.15) is 5.10 Å². The molecule has 1 heterocycles. The van der Waals surface area contributed by atoms with Crippen LogP contribution in [0, 0.1) is 12.7 Å². The number of aryl methyl sites for hydroxylation is 1. The van der Waals surface area contributed by atoms with E-state index in [2.05, 4.69) is 15.5 Å². The van der Waals surface area contributed by atoms with Crippen LogP contribution in [0.2, 0.25) is 0 Å². The van der Waals surface area contributed by atoms with Gasteiger partial charge in [-0.05, 0) is 24.6 Å². The number of aromatic nitrogens is 1. The zero-order valence-electron chi connectivity index (χ0n) is 10.5. The van der Waals surface area contributed by atoms with Crippen LogP contribution in [0.5, 0.6) is 0 Å². The van der Waals surface area contributed by atoms with Crippen LogP contribution in [0.25, 0.3) is 0 Å². The zero-order chi connectivity index (χ0) is 13.8. The lowest BCUT2D eigenvalue weighted by molar-refractivity contribution is 0.102. The fourth-order valence-corrected chi connectivity index (χ4v) is 2.29. The molecule has 1 N–H and O–H groups in total. The van der Waals surface area contributed by atoms with Gasteiger partial charge in [0.05, 0.1) is 16.8 Å². The number of hydrogen-bond donors (Lipinski definition) is 1. The molecule has 6 heteroatoms. The maximum Gasteiger partial charge on any atom is 0.204 e. The molecule has 0 fully saturated rings. The second-order valence-corrected chi connectivity index (χ2v) is 4.91. The van der Waals surface area contributed by atoms with E-state index in [1.54, 1.807) is 25.3 Å². The minimum absolute atomic E-state index is 0.00874. The second kappa shape index (κ2) is 5.71. The van der Waals surface area contributed by atoms with Gasteiger partial charge in [0.1, 0.15) is 5.82 Å². The van der Waals surface area contributed by atoms with Crippen molar-refractivity contribution in [3.8, 4) is 0 Å². The van der Waals surface area contributed by atoms with Crippen molar-refractivity contribution in [3.63, 3.8) is 0 Å². The molecule has 4 nitrogen and oxygen atoms in total. The Kier molecular flexibility index (Phi) is 4.01. The lowest BCUT2D eigenvalue weighted by Gasteiger charge is -1.94. The maximum atomic E-state index is 12.7. The van der Waals surface area contributed by atoms with Gasteiger partial charge in [0.2, 0.25) is 5.13 Å². The minimum atomic E-state index is -0.285. The molecule has 0 radical (unpaired) electrons. The Hall–Kier alpha value is -2.08. The lowest BCUT2D eigenvalue weighted by atomic mass is 10.2. The first-order valence-electron chi connectivity index (χ1n) is 5.59. The van der Waals surface area contributed by atoms with E-state index in [-0.39, 0.29) is 11.6 Å². The molecular formula is C13H12FN3OS. The van der Waals surface area contributed by atoms with Crippen LogP contribution < -0.4 is 5.43 Å². The highest BCUT2D eigenvalue weighted by molar-refractivity contribution is 7.17. The number of hydrogen-bond acceptors (Lipinski definition) is 5. The average molecular weight is 277 g/mol. The molecule has 0 bridgehead atoms. The molecule has 0 aliphatic rings. The summed E-state index contributed by atoms with van der Waals surface area (Å²) in [5, 5.41) is 4.55. The minimum Gasteiger partial charge on any atom is -0.294 e. The molecule has 2 rings (SSSR count). The lowest BCUT2D eigenvalue weighted by Crippen LogP contribution is -1.90. The summed E-state index contributed by atoms with van der Waals surface area (Å²) in [4.78, 5) is 16.1. The predicted molar refractivity (Wildman–Crippen MR) is 74.5 cm³/mol. The molecule has 2 aromatic rings. The summed E-state index contributed by atoms with van der Waals surface area (Å²) in [6.07, 6.45) is 1.56. The van der Waals surface area contributed by atoms with Crippen molar-refractivity contribution in [2.24, 2.45) is 5.10 Å². The number of anilines is 1. The summed E-state index contributed by atoms with van der Waals surface area (Å²) in [6, 6.07) is 5.97. The summed E-state index contributed by atoms with van der Waals surface area (Å²) < 4.78 is 12.7. The van der Waals surface area contributed by atoms with E-state index >= 15 is 0 Å². The van der Waals surface area contributed by atoms with Gasteiger partial charge >= 0.3 is 0 Å². The Morgan fingerprint density at radius 3 is 2.68 bits per heavy atom. The molecule has 0 aliphatic heterocycles. The van der Waals surface area contributed by atoms with E-state index in [9.17, 15) is 9.18 Å². The monoisotopic (exact) mass is 277 g/mol. The third kappa shape index (κ3) is 3.45. The SMILES string of the molecule is CC(=O)c1sc(N/N=C\c2ccc(F)cc2)nc1C. The van der Waals surface area contributed by atoms with E-state index < -0.39 is 0 Å². The molecular weight excluding hydrogens is 265 g/mol. The van der Waals surface area contributed by atoms with Gasteiger partial charge in [-0.1, -0.05) is 23.5 Å². The summed E-state index contributed by atoms with van der Waals surface area (Å²) in [5.41, 5.74) is 4.22. The van der Waals surface area contributed by atoms with Gasteiger partial charge in [-0.15, -0.1) is 0 Å². The number of carbonyl (C=O) groups excluding carboxylic acids is 1. The number of benzene rings is 1.